The molecule has 0 spiro atoms. The molecule has 7 nitrogen and oxygen atoms in total. The molecule has 27 heavy (non-hydrogen) atoms. The lowest BCUT2D eigenvalue weighted by atomic mass is 10.0. The molecule has 0 radical (unpaired) electrons. The fourth-order valence-electron chi connectivity index (χ4n) is 3.25. The van der Waals surface area contributed by atoms with Gasteiger partial charge in [0.1, 0.15) is 4.88 Å². The van der Waals surface area contributed by atoms with Gasteiger partial charge in [0.15, 0.2) is 11.6 Å². The Morgan fingerprint density at radius 1 is 1.37 bits per heavy atom. The highest BCUT2D eigenvalue weighted by Crippen LogP contribution is 2.45. The number of hydrogen-bond donors (Lipinski definition) is 2. The van der Waals surface area contributed by atoms with Crippen LogP contribution in [-0.4, -0.2) is 38.9 Å². The number of carbonyl (C=O) groups excluding carboxylic acids is 1. The Morgan fingerprint density at radius 3 is 2.89 bits per heavy atom. The van der Waals surface area contributed by atoms with Gasteiger partial charge in [-0.25, -0.2) is 4.39 Å². The van der Waals surface area contributed by atoms with Crippen molar-refractivity contribution in [1.29, 1.82) is 0 Å². The number of carbonyl (C=O) groups is 1. The standard InChI is InChI=1S/C17H18FN5O2S2/c1-25-10-7-8-11-12(13(10)18)14(26-9-5-3-2-4-6-9)15(27-11)16(24)19-17-20-22-23-21-17/h7-9H,2-6H2,1H3,(H2,19,20,21,22,23,24). The van der Waals surface area contributed by atoms with Crippen LogP contribution < -0.4 is 10.1 Å². The van der Waals surface area contributed by atoms with Crippen molar-refractivity contribution in [3.8, 4) is 5.75 Å². The van der Waals surface area contributed by atoms with Gasteiger partial charge in [-0.05, 0) is 30.2 Å². The van der Waals surface area contributed by atoms with Crippen LogP contribution in [-0.2, 0) is 0 Å². The first-order valence-electron chi connectivity index (χ1n) is 8.68. The number of thioether (sulfide) groups is 1. The first-order chi connectivity index (χ1) is 13.2. The SMILES string of the molecule is COc1ccc2sc(C(=O)Nc3nn[nH]n3)c(SC3CCCCC3)c2c1F. The molecule has 3 aromatic rings. The number of aromatic amines is 1. The summed E-state index contributed by atoms with van der Waals surface area (Å²) in [6, 6.07) is 3.38. The number of aromatic nitrogens is 4. The Labute approximate surface area is 163 Å². The third-order valence-electron chi connectivity index (χ3n) is 4.55. The zero-order valence-corrected chi connectivity index (χ0v) is 16.3. The van der Waals surface area contributed by atoms with Crippen molar-refractivity contribution in [2.75, 3.05) is 12.4 Å². The molecule has 1 saturated carbocycles. The number of tetrazole rings is 1. The van der Waals surface area contributed by atoms with Gasteiger partial charge in [-0.3, -0.25) is 10.1 Å². The lowest BCUT2D eigenvalue weighted by Gasteiger charge is -2.21. The molecule has 1 aromatic carbocycles. The largest absolute Gasteiger partial charge is 0.494 e. The highest BCUT2D eigenvalue weighted by Gasteiger charge is 2.27. The number of H-pyrrole nitrogens is 1. The second kappa shape index (κ2) is 7.81. The summed E-state index contributed by atoms with van der Waals surface area (Å²) in [5.74, 6) is -0.530. The summed E-state index contributed by atoms with van der Waals surface area (Å²) in [6.07, 6.45) is 5.69. The minimum atomic E-state index is -0.428. The molecule has 1 aliphatic carbocycles. The predicted octanol–water partition coefficient (Wildman–Crippen LogP) is 4.24. The number of halogens is 1. The van der Waals surface area contributed by atoms with Crippen LogP contribution in [0.25, 0.3) is 10.1 Å². The van der Waals surface area contributed by atoms with Gasteiger partial charge in [0.25, 0.3) is 11.9 Å². The van der Waals surface area contributed by atoms with Gasteiger partial charge in [-0.15, -0.1) is 28.2 Å². The van der Waals surface area contributed by atoms with Crippen molar-refractivity contribution in [3.63, 3.8) is 0 Å². The smallest absolute Gasteiger partial charge is 0.270 e. The predicted molar refractivity (Wildman–Crippen MR) is 103 cm³/mol. The molecule has 0 atom stereocenters. The summed E-state index contributed by atoms with van der Waals surface area (Å²) in [7, 11) is 1.44. The summed E-state index contributed by atoms with van der Waals surface area (Å²) in [6.45, 7) is 0. The average molecular weight is 407 g/mol. The third kappa shape index (κ3) is 3.63. The van der Waals surface area contributed by atoms with Crippen molar-refractivity contribution in [2.24, 2.45) is 0 Å². The van der Waals surface area contributed by atoms with E-state index in [1.54, 1.807) is 23.9 Å². The van der Waals surface area contributed by atoms with E-state index in [0.29, 0.717) is 25.1 Å². The quantitative estimate of drug-likeness (QED) is 0.657. The van der Waals surface area contributed by atoms with Crippen molar-refractivity contribution in [2.45, 2.75) is 42.2 Å². The maximum atomic E-state index is 15.0. The molecule has 1 amide bonds. The number of hydrogen-bond acceptors (Lipinski definition) is 7. The fourth-order valence-corrected chi connectivity index (χ4v) is 5.99. The molecular formula is C17H18FN5O2S2. The maximum absolute atomic E-state index is 15.0. The van der Waals surface area contributed by atoms with E-state index in [2.05, 4.69) is 25.9 Å². The second-order valence-corrected chi connectivity index (χ2v) is 8.65. The summed E-state index contributed by atoms with van der Waals surface area (Å²) >= 11 is 2.85. The van der Waals surface area contributed by atoms with Crippen molar-refractivity contribution < 1.29 is 13.9 Å². The Bertz CT molecular complexity index is 954. The molecule has 2 N–H and O–H groups in total. The van der Waals surface area contributed by atoms with E-state index in [0.717, 1.165) is 25.7 Å². The van der Waals surface area contributed by atoms with E-state index < -0.39 is 5.82 Å². The molecule has 0 aliphatic heterocycles. The van der Waals surface area contributed by atoms with Crippen LogP contribution in [0.2, 0.25) is 0 Å². The van der Waals surface area contributed by atoms with Crippen LogP contribution in [0.5, 0.6) is 5.75 Å². The van der Waals surface area contributed by atoms with Crippen LogP contribution in [0.3, 0.4) is 0 Å². The zero-order valence-electron chi connectivity index (χ0n) is 14.6. The van der Waals surface area contributed by atoms with E-state index in [1.807, 2.05) is 0 Å². The Hall–Kier alpha value is -2.20. The number of rotatable bonds is 5. The molecule has 4 rings (SSSR count). The van der Waals surface area contributed by atoms with Crippen LogP contribution in [0, 0.1) is 5.82 Å². The third-order valence-corrected chi connectivity index (χ3v) is 7.28. The maximum Gasteiger partial charge on any atom is 0.270 e. The first kappa shape index (κ1) is 18.2. The number of benzene rings is 1. The molecule has 0 unspecified atom stereocenters. The topological polar surface area (TPSA) is 92.8 Å². The molecule has 142 valence electrons. The van der Waals surface area contributed by atoms with Gasteiger partial charge >= 0.3 is 0 Å². The molecule has 0 bridgehead atoms. The average Bonchev–Trinajstić information content (AvgIpc) is 3.31. The number of fused-ring (bicyclic) bond motifs is 1. The second-order valence-electron chi connectivity index (χ2n) is 6.28. The summed E-state index contributed by atoms with van der Waals surface area (Å²) in [5.41, 5.74) is 0. The number of nitrogens with one attached hydrogen (secondary N) is 2. The Morgan fingerprint density at radius 2 is 2.19 bits per heavy atom. The van der Waals surface area contributed by atoms with Gasteiger partial charge < -0.3 is 4.74 Å². The number of ether oxygens (including phenoxy) is 1. The van der Waals surface area contributed by atoms with Crippen LogP contribution in [0.4, 0.5) is 10.3 Å². The molecule has 10 heteroatoms. The van der Waals surface area contributed by atoms with Gasteiger partial charge in [-0.1, -0.05) is 24.4 Å². The summed E-state index contributed by atoms with van der Waals surface area (Å²) in [4.78, 5) is 13.9. The highest BCUT2D eigenvalue weighted by molar-refractivity contribution is 8.00. The van der Waals surface area contributed by atoms with Crippen molar-refractivity contribution in [1.82, 2.24) is 20.6 Å². The van der Waals surface area contributed by atoms with Gasteiger partial charge in [-0.2, -0.15) is 5.21 Å². The van der Waals surface area contributed by atoms with Crippen LogP contribution in [0.15, 0.2) is 17.0 Å². The molecule has 0 saturated heterocycles. The minimum absolute atomic E-state index is 0.0872. The Balaban J connectivity index is 1.77. The zero-order chi connectivity index (χ0) is 18.8. The van der Waals surface area contributed by atoms with E-state index >= 15 is 4.39 Å². The number of methoxy groups -OCH3 is 1. The van der Waals surface area contributed by atoms with Crippen LogP contribution in [0.1, 0.15) is 41.8 Å². The van der Waals surface area contributed by atoms with E-state index in [-0.39, 0.29) is 17.6 Å². The lowest BCUT2D eigenvalue weighted by molar-refractivity contribution is 0.102. The van der Waals surface area contributed by atoms with E-state index in [9.17, 15) is 4.79 Å². The molecule has 2 aromatic heterocycles. The number of thiophene rings is 1. The van der Waals surface area contributed by atoms with E-state index in [1.165, 1.54) is 24.9 Å². The highest BCUT2D eigenvalue weighted by atomic mass is 32.2. The fraction of sp³-hybridized carbons (Fsp3) is 0.412. The first-order valence-corrected chi connectivity index (χ1v) is 10.4. The number of amides is 1. The monoisotopic (exact) mass is 407 g/mol. The number of anilines is 1. The van der Waals surface area contributed by atoms with Gasteiger partial charge in [0, 0.05) is 20.2 Å². The number of nitrogens with zero attached hydrogens (tertiary/aromatic N) is 3. The van der Waals surface area contributed by atoms with Crippen molar-refractivity contribution in [3.05, 3.63) is 22.8 Å². The minimum Gasteiger partial charge on any atom is -0.494 e. The molecular weight excluding hydrogens is 389 g/mol. The summed E-state index contributed by atoms with van der Waals surface area (Å²) in [5, 5.41) is 16.7. The van der Waals surface area contributed by atoms with E-state index in [4.69, 9.17) is 4.74 Å². The molecule has 2 heterocycles. The molecule has 1 fully saturated rings. The normalized spacial score (nSPS) is 15.2. The van der Waals surface area contributed by atoms with Crippen LogP contribution >= 0.6 is 23.1 Å². The van der Waals surface area contributed by atoms with Gasteiger partial charge in [0.05, 0.1) is 7.11 Å². The van der Waals surface area contributed by atoms with Crippen molar-refractivity contribution >= 4 is 45.0 Å². The lowest BCUT2D eigenvalue weighted by Crippen LogP contribution is -2.14. The Kier molecular flexibility index (Phi) is 5.26. The summed E-state index contributed by atoms with van der Waals surface area (Å²) < 4.78 is 20.9. The molecule has 1 aliphatic rings. The van der Waals surface area contributed by atoms with Gasteiger partial charge in [0.2, 0.25) is 0 Å².